The number of amides is 2. The standard InChI is InChI=1S/C21H26ClN3O2/c1-15-3-6-17(7-4-15)20(14-25-9-11-27-12-10-25)24-21(26)23-18-8-5-16(2)19(22)13-18/h3-8,13,20H,9-12,14H2,1-2H3,(H2,23,24,26). The van der Waals surface area contributed by atoms with E-state index in [2.05, 4.69) is 46.7 Å². The Labute approximate surface area is 165 Å². The van der Waals surface area contributed by atoms with E-state index in [4.69, 9.17) is 16.3 Å². The summed E-state index contributed by atoms with van der Waals surface area (Å²) in [7, 11) is 0. The molecule has 0 spiro atoms. The van der Waals surface area contributed by atoms with Crippen LogP contribution in [0.2, 0.25) is 5.02 Å². The first kappa shape index (κ1) is 19.7. The van der Waals surface area contributed by atoms with Gasteiger partial charge in [-0.25, -0.2) is 4.79 Å². The molecule has 2 N–H and O–H groups in total. The van der Waals surface area contributed by atoms with E-state index < -0.39 is 0 Å². The van der Waals surface area contributed by atoms with E-state index in [9.17, 15) is 4.79 Å². The topological polar surface area (TPSA) is 53.6 Å². The number of ether oxygens (including phenoxy) is 1. The van der Waals surface area contributed by atoms with Crippen LogP contribution in [0.3, 0.4) is 0 Å². The molecule has 27 heavy (non-hydrogen) atoms. The Morgan fingerprint density at radius 1 is 1.15 bits per heavy atom. The second kappa shape index (κ2) is 9.22. The highest BCUT2D eigenvalue weighted by molar-refractivity contribution is 6.31. The van der Waals surface area contributed by atoms with Gasteiger partial charge in [-0.3, -0.25) is 4.90 Å². The number of morpholine rings is 1. The zero-order valence-corrected chi connectivity index (χ0v) is 16.6. The average Bonchev–Trinajstić information content (AvgIpc) is 2.66. The number of nitrogens with one attached hydrogen (secondary N) is 2. The van der Waals surface area contributed by atoms with Gasteiger partial charge in [-0.1, -0.05) is 47.5 Å². The summed E-state index contributed by atoms with van der Waals surface area (Å²) in [5.74, 6) is 0. The number of carbonyl (C=O) groups is 1. The SMILES string of the molecule is Cc1ccc(C(CN2CCOCC2)NC(=O)Nc2ccc(C)c(Cl)c2)cc1. The van der Waals surface area contributed by atoms with Crippen molar-refractivity contribution in [2.45, 2.75) is 19.9 Å². The average molecular weight is 388 g/mol. The number of hydrogen-bond acceptors (Lipinski definition) is 3. The summed E-state index contributed by atoms with van der Waals surface area (Å²) in [6.07, 6.45) is 0. The second-order valence-electron chi connectivity index (χ2n) is 6.94. The predicted molar refractivity (Wildman–Crippen MR) is 110 cm³/mol. The smallest absolute Gasteiger partial charge is 0.319 e. The Bertz CT molecular complexity index is 773. The minimum absolute atomic E-state index is 0.107. The maximum Gasteiger partial charge on any atom is 0.319 e. The van der Waals surface area contributed by atoms with E-state index in [0.29, 0.717) is 10.7 Å². The summed E-state index contributed by atoms with van der Waals surface area (Å²) in [5.41, 5.74) is 3.94. The van der Waals surface area contributed by atoms with E-state index in [0.717, 1.165) is 44.0 Å². The summed E-state index contributed by atoms with van der Waals surface area (Å²) >= 11 is 6.15. The zero-order chi connectivity index (χ0) is 19.2. The Morgan fingerprint density at radius 2 is 1.85 bits per heavy atom. The minimum Gasteiger partial charge on any atom is -0.379 e. The molecule has 2 amide bonds. The first-order chi connectivity index (χ1) is 13.0. The third-order valence-corrected chi connectivity index (χ3v) is 5.17. The molecule has 3 rings (SSSR count). The highest BCUT2D eigenvalue weighted by Crippen LogP contribution is 2.21. The molecule has 0 saturated carbocycles. The van der Waals surface area contributed by atoms with Crippen molar-refractivity contribution in [3.05, 3.63) is 64.2 Å². The van der Waals surface area contributed by atoms with Gasteiger partial charge in [0.05, 0.1) is 19.3 Å². The van der Waals surface area contributed by atoms with Gasteiger partial charge in [0.15, 0.2) is 0 Å². The van der Waals surface area contributed by atoms with Gasteiger partial charge >= 0.3 is 6.03 Å². The Hall–Kier alpha value is -2.08. The molecule has 0 radical (unpaired) electrons. The van der Waals surface area contributed by atoms with Crippen LogP contribution in [0.5, 0.6) is 0 Å². The number of anilines is 1. The molecule has 0 aliphatic carbocycles. The van der Waals surface area contributed by atoms with Crippen molar-refractivity contribution in [3.8, 4) is 0 Å². The Balaban J connectivity index is 1.70. The van der Waals surface area contributed by atoms with Crippen LogP contribution in [0, 0.1) is 13.8 Å². The first-order valence-corrected chi connectivity index (χ1v) is 9.59. The van der Waals surface area contributed by atoms with Crippen molar-refractivity contribution in [3.63, 3.8) is 0 Å². The van der Waals surface area contributed by atoms with Crippen LogP contribution in [0.4, 0.5) is 10.5 Å². The van der Waals surface area contributed by atoms with E-state index >= 15 is 0 Å². The van der Waals surface area contributed by atoms with Crippen LogP contribution in [-0.4, -0.2) is 43.8 Å². The van der Waals surface area contributed by atoms with E-state index in [1.165, 1.54) is 5.56 Å². The molecule has 5 nitrogen and oxygen atoms in total. The van der Waals surface area contributed by atoms with Gasteiger partial charge in [0.1, 0.15) is 0 Å². The molecule has 1 saturated heterocycles. The molecule has 1 atom stereocenters. The molecule has 144 valence electrons. The normalized spacial score (nSPS) is 16.0. The molecule has 1 heterocycles. The van der Waals surface area contributed by atoms with Crippen molar-refractivity contribution >= 4 is 23.3 Å². The molecule has 2 aromatic rings. The summed E-state index contributed by atoms with van der Waals surface area (Å²) in [5, 5.41) is 6.62. The molecule has 2 aromatic carbocycles. The Kier molecular flexibility index (Phi) is 6.72. The fourth-order valence-electron chi connectivity index (χ4n) is 3.07. The lowest BCUT2D eigenvalue weighted by Gasteiger charge is -2.31. The number of hydrogen-bond donors (Lipinski definition) is 2. The highest BCUT2D eigenvalue weighted by atomic mass is 35.5. The number of nitrogens with zero attached hydrogens (tertiary/aromatic N) is 1. The molecule has 1 aliphatic heterocycles. The van der Waals surface area contributed by atoms with Crippen LogP contribution in [0.1, 0.15) is 22.7 Å². The van der Waals surface area contributed by atoms with Gasteiger partial charge in [0, 0.05) is 30.3 Å². The largest absolute Gasteiger partial charge is 0.379 e. The van der Waals surface area contributed by atoms with E-state index in [-0.39, 0.29) is 12.1 Å². The molecule has 1 fully saturated rings. The van der Waals surface area contributed by atoms with Crippen molar-refractivity contribution < 1.29 is 9.53 Å². The van der Waals surface area contributed by atoms with Gasteiger partial charge in [0.2, 0.25) is 0 Å². The molecule has 0 bridgehead atoms. The summed E-state index contributed by atoms with van der Waals surface area (Å²) in [6, 6.07) is 13.4. The molecular formula is C21H26ClN3O2. The molecule has 1 aliphatic rings. The fraction of sp³-hybridized carbons (Fsp3) is 0.381. The van der Waals surface area contributed by atoms with Crippen LogP contribution in [0.15, 0.2) is 42.5 Å². The molecule has 1 unspecified atom stereocenters. The van der Waals surface area contributed by atoms with Crippen LogP contribution in [-0.2, 0) is 4.74 Å². The quantitative estimate of drug-likeness (QED) is 0.810. The fourth-order valence-corrected chi connectivity index (χ4v) is 3.25. The van der Waals surface area contributed by atoms with Crippen molar-refractivity contribution in [2.75, 3.05) is 38.2 Å². The summed E-state index contributed by atoms with van der Waals surface area (Å²) in [6.45, 7) is 7.94. The number of urea groups is 1. The van der Waals surface area contributed by atoms with E-state index in [1.54, 1.807) is 6.07 Å². The lowest BCUT2D eigenvalue weighted by atomic mass is 10.0. The van der Waals surface area contributed by atoms with Crippen molar-refractivity contribution in [1.82, 2.24) is 10.2 Å². The second-order valence-corrected chi connectivity index (χ2v) is 7.35. The third-order valence-electron chi connectivity index (χ3n) is 4.76. The number of halogens is 1. The van der Waals surface area contributed by atoms with Crippen molar-refractivity contribution in [1.29, 1.82) is 0 Å². The number of rotatable bonds is 5. The van der Waals surface area contributed by atoms with Crippen LogP contribution in [0.25, 0.3) is 0 Å². The van der Waals surface area contributed by atoms with Gasteiger partial charge < -0.3 is 15.4 Å². The van der Waals surface area contributed by atoms with Gasteiger partial charge in [-0.2, -0.15) is 0 Å². The lowest BCUT2D eigenvalue weighted by Crippen LogP contribution is -2.44. The van der Waals surface area contributed by atoms with Crippen molar-refractivity contribution in [2.24, 2.45) is 0 Å². The van der Waals surface area contributed by atoms with Gasteiger partial charge in [0.25, 0.3) is 0 Å². The Morgan fingerprint density at radius 3 is 2.52 bits per heavy atom. The molecule has 6 heteroatoms. The third kappa shape index (κ3) is 5.70. The van der Waals surface area contributed by atoms with Crippen LogP contribution < -0.4 is 10.6 Å². The molecule has 0 aromatic heterocycles. The van der Waals surface area contributed by atoms with Gasteiger partial charge in [-0.15, -0.1) is 0 Å². The van der Waals surface area contributed by atoms with Gasteiger partial charge in [-0.05, 0) is 37.1 Å². The summed E-state index contributed by atoms with van der Waals surface area (Å²) in [4.78, 5) is 14.9. The maximum absolute atomic E-state index is 12.6. The number of aryl methyl sites for hydroxylation is 2. The minimum atomic E-state index is -0.242. The maximum atomic E-state index is 12.6. The monoisotopic (exact) mass is 387 g/mol. The van der Waals surface area contributed by atoms with E-state index in [1.807, 2.05) is 19.1 Å². The van der Waals surface area contributed by atoms with Crippen LogP contribution >= 0.6 is 11.6 Å². The zero-order valence-electron chi connectivity index (χ0n) is 15.8. The number of benzene rings is 2. The highest BCUT2D eigenvalue weighted by Gasteiger charge is 2.20. The molecular weight excluding hydrogens is 362 g/mol. The lowest BCUT2D eigenvalue weighted by molar-refractivity contribution is 0.0340. The summed E-state index contributed by atoms with van der Waals surface area (Å²) < 4.78 is 5.43. The number of carbonyl (C=O) groups excluding carboxylic acids is 1. The predicted octanol–water partition coefficient (Wildman–Crippen LogP) is 4.15. The first-order valence-electron chi connectivity index (χ1n) is 9.21.